The van der Waals surface area contributed by atoms with Crippen LogP contribution in [0.5, 0.6) is 0 Å². The van der Waals surface area contributed by atoms with Crippen LogP contribution in [0.15, 0.2) is 59.5 Å². The van der Waals surface area contributed by atoms with E-state index in [4.69, 9.17) is 4.74 Å². The van der Waals surface area contributed by atoms with Crippen LogP contribution in [0.4, 0.5) is 0 Å². The lowest BCUT2D eigenvalue weighted by Gasteiger charge is -2.25. The predicted octanol–water partition coefficient (Wildman–Crippen LogP) is 2.66. The van der Waals surface area contributed by atoms with Crippen LogP contribution in [0.25, 0.3) is 5.65 Å². The van der Waals surface area contributed by atoms with Crippen LogP contribution in [0.1, 0.15) is 36.2 Å². The Hall–Kier alpha value is -3.48. The van der Waals surface area contributed by atoms with Gasteiger partial charge in [0.2, 0.25) is 5.91 Å². The summed E-state index contributed by atoms with van der Waals surface area (Å²) in [6.07, 6.45) is 1.78. The number of fused-ring (bicyclic) bond motifs is 1. The van der Waals surface area contributed by atoms with Crippen molar-refractivity contribution in [1.82, 2.24) is 14.3 Å². The molecule has 30 heavy (non-hydrogen) atoms. The molecule has 1 aliphatic heterocycles. The van der Waals surface area contributed by atoms with Crippen LogP contribution in [0, 0.1) is 12.8 Å². The number of benzene rings is 1. The van der Waals surface area contributed by atoms with E-state index in [1.54, 1.807) is 17.2 Å². The first-order valence-corrected chi connectivity index (χ1v) is 9.93. The highest BCUT2D eigenvalue weighted by Gasteiger charge is 2.37. The van der Waals surface area contributed by atoms with Gasteiger partial charge in [0.1, 0.15) is 12.3 Å². The highest BCUT2D eigenvalue weighted by molar-refractivity contribution is 5.87. The number of esters is 1. The molecule has 2 atom stereocenters. The predicted molar refractivity (Wildman–Crippen MR) is 111 cm³/mol. The van der Waals surface area contributed by atoms with Crippen molar-refractivity contribution in [2.24, 2.45) is 5.92 Å². The zero-order valence-corrected chi connectivity index (χ0v) is 16.9. The summed E-state index contributed by atoms with van der Waals surface area (Å²) in [5.74, 6) is -1.03. The van der Waals surface area contributed by atoms with Crippen LogP contribution in [0.2, 0.25) is 0 Å². The van der Waals surface area contributed by atoms with Crippen molar-refractivity contribution >= 4 is 17.5 Å². The Kier molecular flexibility index (Phi) is 5.35. The fourth-order valence-corrected chi connectivity index (χ4v) is 3.82. The van der Waals surface area contributed by atoms with E-state index in [0.717, 1.165) is 11.1 Å². The van der Waals surface area contributed by atoms with E-state index in [2.05, 4.69) is 4.98 Å². The molecule has 0 N–H and O–H groups in total. The molecule has 1 aromatic carbocycles. The number of carbonyl (C=O) groups is 2. The van der Waals surface area contributed by atoms with Gasteiger partial charge in [-0.05, 0) is 31.0 Å². The van der Waals surface area contributed by atoms with Crippen molar-refractivity contribution < 1.29 is 14.3 Å². The fourth-order valence-electron chi connectivity index (χ4n) is 3.82. The first kappa shape index (κ1) is 19.8. The number of aromatic nitrogens is 2. The van der Waals surface area contributed by atoms with E-state index in [1.807, 2.05) is 50.2 Å². The molecule has 0 radical (unpaired) electrons. The molecule has 1 aliphatic rings. The summed E-state index contributed by atoms with van der Waals surface area (Å²) >= 11 is 0. The third-order valence-electron chi connectivity index (χ3n) is 5.54. The summed E-state index contributed by atoms with van der Waals surface area (Å²) in [6, 6.07) is 14.6. The average Bonchev–Trinajstić information content (AvgIpc) is 3.14. The standard InChI is InChI=1S/C23H23N3O4/c1-15-7-6-10-25-21(28)12-19(24-22(15)25)14-30-23(29)18-11-20(27)26(13-18)16(2)17-8-4-3-5-9-17/h3-10,12,16,18H,11,13-14H2,1-2H3/t16-,18-/m0/s1. The number of ether oxygens (including phenoxy) is 1. The summed E-state index contributed by atoms with van der Waals surface area (Å²) in [6.45, 7) is 4.04. The molecule has 2 aromatic heterocycles. The van der Waals surface area contributed by atoms with Gasteiger partial charge in [0, 0.05) is 25.2 Å². The molecule has 4 rings (SSSR count). The Balaban J connectivity index is 1.43. The second kappa shape index (κ2) is 8.10. The largest absolute Gasteiger partial charge is 0.459 e. The minimum absolute atomic E-state index is 0.0639. The Morgan fingerprint density at radius 1 is 1.20 bits per heavy atom. The van der Waals surface area contributed by atoms with E-state index in [-0.39, 0.29) is 30.5 Å². The summed E-state index contributed by atoms with van der Waals surface area (Å²) in [7, 11) is 0. The number of likely N-dealkylation sites (tertiary alicyclic amines) is 1. The molecule has 7 heteroatoms. The number of aryl methyl sites for hydroxylation is 1. The van der Waals surface area contributed by atoms with Gasteiger partial charge in [-0.15, -0.1) is 0 Å². The number of hydrogen-bond donors (Lipinski definition) is 0. The van der Waals surface area contributed by atoms with Gasteiger partial charge < -0.3 is 9.64 Å². The minimum Gasteiger partial charge on any atom is -0.459 e. The molecule has 0 saturated carbocycles. The summed E-state index contributed by atoms with van der Waals surface area (Å²) in [5.41, 5.74) is 2.58. The van der Waals surface area contributed by atoms with E-state index < -0.39 is 11.9 Å². The van der Waals surface area contributed by atoms with Crippen LogP contribution in [0.3, 0.4) is 0 Å². The minimum atomic E-state index is -0.521. The quantitative estimate of drug-likeness (QED) is 0.610. The van der Waals surface area contributed by atoms with Gasteiger partial charge in [-0.25, -0.2) is 4.98 Å². The van der Waals surface area contributed by atoms with Crippen LogP contribution < -0.4 is 5.56 Å². The number of nitrogens with zero attached hydrogens (tertiary/aromatic N) is 3. The normalized spacial score (nSPS) is 17.3. The van der Waals surface area contributed by atoms with Crippen LogP contribution in [-0.2, 0) is 20.9 Å². The molecule has 1 saturated heterocycles. The average molecular weight is 405 g/mol. The van der Waals surface area contributed by atoms with Crippen molar-refractivity contribution in [2.45, 2.75) is 32.9 Å². The Labute approximate surface area is 173 Å². The highest BCUT2D eigenvalue weighted by atomic mass is 16.5. The van der Waals surface area contributed by atoms with Gasteiger partial charge in [-0.3, -0.25) is 18.8 Å². The maximum Gasteiger partial charge on any atom is 0.311 e. The van der Waals surface area contributed by atoms with Gasteiger partial charge >= 0.3 is 5.97 Å². The lowest BCUT2D eigenvalue weighted by atomic mass is 10.1. The zero-order chi connectivity index (χ0) is 21.3. The first-order chi connectivity index (χ1) is 14.4. The SMILES string of the molecule is Cc1cccn2c(=O)cc(COC(=O)[C@H]3CC(=O)N([C@@H](C)c4ccccc4)C3)nc12. The van der Waals surface area contributed by atoms with E-state index in [1.165, 1.54) is 10.5 Å². The summed E-state index contributed by atoms with van der Waals surface area (Å²) < 4.78 is 6.87. The number of pyridine rings is 1. The van der Waals surface area contributed by atoms with Crippen LogP contribution in [-0.4, -0.2) is 32.7 Å². The van der Waals surface area contributed by atoms with Crippen LogP contribution >= 0.6 is 0 Å². The molecule has 3 aromatic rings. The summed E-state index contributed by atoms with van der Waals surface area (Å²) in [4.78, 5) is 43.5. The Morgan fingerprint density at radius 3 is 2.73 bits per heavy atom. The third-order valence-corrected chi connectivity index (χ3v) is 5.54. The van der Waals surface area contributed by atoms with Gasteiger partial charge in [-0.2, -0.15) is 0 Å². The van der Waals surface area contributed by atoms with E-state index in [9.17, 15) is 14.4 Å². The molecule has 0 unspecified atom stereocenters. The molecule has 1 fully saturated rings. The lowest BCUT2D eigenvalue weighted by molar-refractivity contribution is -0.149. The van der Waals surface area contributed by atoms with E-state index >= 15 is 0 Å². The number of hydrogen-bond acceptors (Lipinski definition) is 5. The monoisotopic (exact) mass is 405 g/mol. The fraction of sp³-hybridized carbons (Fsp3) is 0.304. The molecule has 0 bridgehead atoms. The third kappa shape index (κ3) is 3.83. The first-order valence-electron chi connectivity index (χ1n) is 9.93. The Bertz CT molecular complexity index is 1160. The van der Waals surface area contributed by atoms with E-state index in [0.29, 0.717) is 17.9 Å². The molecule has 0 spiro atoms. The Morgan fingerprint density at radius 2 is 1.97 bits per heavy atom. The maximum atomic E-state index is 12.6. The number of carbonyl (C=O) groups excluding carboxylic acids is 2. The molecule has 0 aliphatic carbocycles. The molecule has 7 nitrogen and oxygen atoms in total. The summed E-state index contributed by atoms with van der Waals surface area (Å²) in [5, 5.41) is 0. The van der Waals surface area contributed by atoms with Crippen molar-refractivity contribution in [3.05, 3.63) is 81.9 Å². The maximum absolute atomic E-state index is 12.6. The molecular formula is C23H23N3O4. The smallest absolute Gasteiger partial charge is 0.311 e. The van der Waals surface area contributed by atoms with Crippen molar-refractivity contribution in [2.75, 3.05) is 6.54 Å². The van der Waals surface area contributed by atoms with Gasteiger partial charge in [0.15, 0.2) is 0 Å². The topological polar surface area (TPSA) is 81.0 Å². The van der Waals surface area contributed by atoms with Gasteiger partial charge in [0.25, 0.3) is 5.56 Å². The molecule has 154 valence electrons. The molecular weight excluding hydrogens is 382 g/mol. The highest BCUT2D eigenvalue weighted by Crippen LogP contribution is 2.29. The number of rotatable bonds is 5. The second-order valence-corrected chi connectivity index (χ2v) is 7.61. The number of amides is 1. The van der Waals surface area contributed by atoms with Gasteiger partial charge in [-0.1, -0.05) is 36.4 Å². The van der Waals surface area contributed by atoms with Crippen molar-refractivity contribution in [1.29, 1.82) is 0 Å². The van der Waals surface area contributed by atoms with Crippen molar-refractivity contribution in [3.63, 3.8) is 0 Å². The van der Waals surface area contributed by atoms with Crippen molar-refractivity contribution in [3.8, 4) is 0 Å². The molecule has 1 amide bonds. The zero-order valence-electron chi connectivity index (χ0n) is 16.9. The van der Waals surface area contributed by atoms with Gasteiger partial charge in [0.05, 0.1) is 17.7 Å². The second-order valence-electron chi connectivity index (χ2n) is 7.61. The molecule has 3 heterocycles. The lowest BCUT2D eigenvalue weighted by Crippen LogP contribution is -2.29.